The van der Waals surface area contributed by atoms with E-state index in [1.165, 1.54) is 4.90 Å². The molecule has 3 aromatic carbocycles. The molecule has 2 heterocycles. The van der Waals surface area contributed by atoms with Gasteiger partial charge in [0, 0.05) is 5.56 Å². The predicted octanol–water partition coefficient (Wildman–Crippen LogP) is 4.02. The molecule has 5 rings (SSSR count). The minimum atomic E-state index is -0.293. The highest BCUT2D eigenvalue weighted by Gasteiger charge is 2.34. The molecular weight excluding hydrogens is 410 g/mol. The van der Waals surface area contributed by atoms with Crippen LogP contribution in [0.2, 0.25) is 0 Å². The maximum Gasteiger partial charge on any atom is 0.261 e. The standard InChI is InChI=1S/C24H17N3O3S/c28-22(25-13-21-26-19-7-3-4-8-20(19)31-21)16-11-9-15(10-12-16)14-27-23(29)17-5-1-2-6-18(17)24(27)30/h1-12H,13-14H2,(H,25,28). The van der Waals surface area contributed by atoms with Crippen LogP contribution >= 0.6 is 11.3 Å². The summed E-state index contributed by atoms with van der Waals surface area (Å²) in [5.74, 6) is -0.789. The number of hydrogen-bond donors (Lipinski definition) is 1. The van der Waals surface area contributed by atoms with E-state index in [4.69, 9.17) is 0 Å². The van der Waals surface area contributed by atoms with Gasteiger partial charge in [0.15, 0.2) is 0 Å². The molecular formula is C24H17N3O3S. The second kappa shape index (κ2) is 7.77. The molecule has 1 aliphatic heterocycles. The van der Waals surface area contributed by atoms with Crippen LogP contribution in [0.4, 0.5) is 0 Å². The highest BCUT2D eigenvalue weighted by Crippen LogP contribution is 2.24. The molecule has 0 aliphatic carbocycles. The van der Waals surface area contributed by atoms with E-state index in [1.54, 1.807) is 59.9 Å². The Labute approximate surface area is 182 Å². The van der Waals surface area contributed by atoms with Gasteiger partial charge in [-0.2, -0.15) is 0 Å². The van der Waals surface area contributed by atoms with E-state index in [9.17, 15) is 14.4 Å². The molecule has 152 valence electrons. The van der Waals surface area contributed by atoms with Gasteiger partial charge in [-0.25, -0.2) is 4.98 Å². The molecule has 1 N–H and O–H groups in total. The first-order valence-electron chi connectivity index (χ1n) is 9.77. The number of thiazole rings is 1. The van der Waals surface area contributed by atoms with Gasteiger partial charge in [-0.05, 0) is 42.0 Å². The SMILES string of the molecule is O=C(NCc1nc2ccccc2s1)c1ccc(CN2C(=O)c3ccccc3C2=O)cc1. The van der Waals surface area contributed by atoms with Crippen LogP contribution in [0.5, 0.6) is 0 Å². The van der Waals surface area contributed by atoms with Gasteiger partial charge < -0.3 is 5.32 Å². The Morgan fingerprint density at radius 3 is 2.19 bits per heavy atom. The van der Waals surface area contributed by atoms with Crippen LogP contribution in [0.15, 0.2) is 72.8 Å². The Kier molecular flexibility index (Phi) is 4.80. The number of carbonyl (C=O) groups is 3. The summed E-state index contributed by atoms with van der Waals surface area (Å²) in [7, 11) is 0. The number of amides is 3. The lowest BCUT2D eigenvalue weighted by molar-refractivity contribution is 0.0641. The Bertz CT molecular complexity index is 1260. The smallest absolute Gasteiger partial charge is 0.261 e. The molecule has 7 heteroatoms. The zero-order valence-corrected chi connectivity index (χ0v) is 17.2. The van der Waals surface area contributed by atoms with E-state index in [-0.39, 0.29) is 24.3 Å². The first-order valence-corrected chi connectivity index (χ1v) is 10.6. The molecule has 3 amide bonds. The number of rotatable bonds is 5. The van der Waals surface area contributed by atoms with Gasteiger partial charge >= 0.3 is 0 Å². The number of hydrogen-bond acceptors (Lipinski definition) is 5. The van der Waals surface area contributed by atoms with E-state index < -0.39 is 0 Å². The summed E-state index contributed by atoms with van der Waals surface area (Å²) in [6.07, 6.45) is 0. The number of para-hydroxylation sites is 1. The first kappa shape index (κ1) is 19.1. The zero-order chi connectivity index (χ0) is 21.4. The Morgan fingerprint density at radius 2 is 1.52 bits per heavy atom. The van der Waals surface area contributed by atoms with Crippen LogP contribution in [0.1, 0.15) is 41.6 Å². The molecule has 31 heavy (non-hydrogen) atoms. The quantitative estimate of drug-likeness (QED) is 0.488. The number of fused-ring (bicyclic) bond motifs is 2. The average Bonchev–Trinajstić information content (AvgIpc) is 3.33. The number of nitrogens with zero attached hydrogens (tertiary/aromatic N) is 2. The normalized spacial score (nSPS) is 13.0. The fourth-order valence-electron chi connectivity index (χ4n) is 3.58. The highest BCUT2D eigenvalue weighted by atomic mass is 32.1. The van der Waals surface area contributed by atoms with Crippen LogP contribution in [-0.2, 0) is 13.1 Å². The average molecular weight is 427 g/mol. The van der Waals surface area contributed by atoms with Crippen molar-refractivity contribution in [3.05, 3.63) is 100 Å². The van der Waals surface area contributed by atoms with E-state index >= 15 is 0 Å². The molecule has 0 fully saturated rings. The van der Waals surface area contributed by atoms with Gasteiger partial charge in [-0.1, -0.05) is 36.4 Å². The molecule has 0 bridgehead atoms. The molecule has 0 saturated heterocycles. The monoisotopic (exact) mass is 427 g/mol. The fourth-order valence-corrected chi connectivity index (χ4v) is 4.49. The van der Waals surface area contributed by atoms with E-state index in [0.717, 1.165) is 20.8 Å². The number of benzene rings is 3. The van der Waals surface area contributed by atoms with Gasteiger partial charge in [0.05, 0.1) is 34.4 Å². The summed E-state index contributed by atoms with van der Waals surface area (Å²) in [5.41, 5.74) is 3.07. The Morgan fingerprint density at radius 1 is 0.871 bits per heavy atom. The van der Waals surface area contributed by atoms with Crippen molar-refractivity contribution in [2.75, 3.05) is 0 Å². The molecule has 0 saturated carbocycles. The minimum absolute atomic E-state index is 0.167. The molecule has 0 spiro atoms. The second-order valence-electron chi connectivity index (χ2n) is 7.20. The number of carbonyl (C=O) groups excluding carboxylic acids is 3. The molecule has 4 aromatic rings. The zero-order valence-electron chi connectivity index (χ0n) is 16.4. The van der Waals surface area contributed by atoms with Crippen molar-refractivity contribution in [2.24, 2.45) is 0 Å². The van der Waals surface area contributed by atoms with Crippen molar-refractivity contribution >= 4 is 39.3 Å². The van der Waals surface area contributed by atoms with Crippen molar-refractivity contribution in [1.29, 1.82) is 0 Å². The number of nitrogens with one attached hydrogen (secondary N) is 1. The molecule has 6 nitrogen and oxygen atoms in total. The van der Waals surface area contributed by atoms with Crippen molar-refractivity contribution < 1.29 is 14.4 Å². The Balaban J connectivity index is 1.23. The topological polar surface area (TPSA) is 79.4 Å². The minimum Gasteiger partial charge on any atom is -0.346 e. The van der Waals surface area contributed by atoms with Gasteiger partial charge in [-0.15, -0.1) is 11.3 Å². The van der Waals surface area contributed by atoms with Crippen LogP contribution in [-0.4, -0.2) is 27.6 Å². The van der Waals surface area contributed by atoms with E-state index in [2.05, 4.69) is 10.3 Å². The summed E-state index contributed by atoms with van der Waals surface area (Å²) >= 11 is 1.55. The summed E-state index contributed by atoms with van der Waals surface area (Å²) in [5, 5.41) is 3.73. The number of imide groups is 1. The van der Waals surface area contributed by atoms with Crippen molar-refractivity contribution in [3.63, 3.8) is 0 Å². The fraction of sp³-hybridized carbons (Fsp3) is 0.0833. The largest absolute Gasteiger partial charge is 0.346 e. The second-order valence-corrected chi connectivity index (χ2v) is 8.31. The van der Waals surface area contributed by atoms with Crippen LogP contribution in [0.25, 0.3) is 10.2 Å². The highest BCUT2D eigenvalue weighted by molar-refractivity contribution is 7.18. The van der Waals surface area contributed by atoms with E-state index in [1.807, 2.05) is 24.3 Å². The lowest BCUT2D eigenvalue weighted by atomic mass is 10.1. The molecule has 0 atom stereocenters. The third-order valence-corrected chi connectivity index (χ3v) is 6.21. The van der Waals surface area contributed by atoms with Crippen LogP contribution in [0, 0.1) is 0 Å². The van der Waals surface area contributed by atoms with Crippen molar-refractivity contribution in [2.45, 2.75) is 13.1 Å². The van der Waals surface area contributed by atoms with Crippen molar-refractivity contribution in [3.8, 4) is 0 Å². The lowest BCUT2D eigenvalue weighted by Gasteiger charge is -2.14. The van der Waals surface area contributed by atoms with E-state index in [0.29, 0.717) is 23.2 Å². The molecule has 1 aromatic heterocycles. The third kappa shape index (κ3) is 3.60. The molecule has 0 unspecified atom stereocenters. The van der Waals surface area contributed by atoms with Gasteiger partial charge in [0.2, 0.25) is 0 Å². The summed E-state index contributed by atoms with van der Waals surface area (Å²) in [4.78, 5) is 43.2. The first-order chi connectivity index (χ1) is 15.1. The Hall–Kier alpha value is -3.84. The maximum absolute atomic E-state index is 12.5. The lowest BCUT2D eigenvalue weighted by Crippen LogP contribution is -2.29. The summed E-state index contributed by atoms with van der Waals surface area (Å²) < 4.78 is 1.09. The third-order valence-electron chi connectivity index (χ3n) is 5.17. The van der Waals surface area contributed by atoms with Crippen molar-refractivity contribution in [1.82, 2.24) is 15.2 Å². The molecule has 1 aliphatic rings. The van der Waals surface area contributed by atoms with Crippen LogP contribution < -0.4 is 5.32 Å². The van der Waals surface area contributed by atoms with Gasteiger partial charge in [0.25, 0.3) is 17.7 Å². The van der Waals surface area contributed by atoms with Crippen LogP contribution in [0.3, 0.4) is 0 Å². The number of aromatic nitrogens is 1. The van der Waals surface area contributed by atoms with Gasteiger partial charge in [-0.3, -0.25) is 19.3 Å². The summed E-state index contributed by atoms with van der Waals surface area (Å²) in [6.45, 7) is 0.523. The van der Waals surface area contributed by atoms with Gasteiger partial charge in [0.1, 0.15) is 5.01 Å². The summed E-state index contributed by atoms with van der Waals surface area (Å²) in [6, 6.07) is 21.6. The predicted molar refractivity (Wildman–Crippen MR) is 118 cm³/mol. The maximum atomic E-state index is 12.5. The molecule has 0 radical (unpaired) electrons.